The summed E-state index contributed by atoms with van der Waals surface area (Å²) < 4.78 is 29.4. The maximum atomic E-state index is 11.0. The first-order chi connectivity index (χ1) is 7.14. The number of hydrogen-bond acceptors (Lipinski definition) is 4. The summed E-state index contributed by atoms with van der Waals surface area (Å²) in [5.41, 5.74) is 1.05. The van der Waals surface area contributed by atoms with Crippen molar-refractivity contribution >= 4 is 22.4 Å². The molecule has 0 saturated heterocycles. The van der Waals surface area contributed by atoms with Crippen LogP contribution in [0.4, 0.5) is 0 Å². The van der Waals surface area contributed by atoms with Gasteiger partial charge in [0.05, 0.1) is 18.3 Å². The quantitative estimate of drug-likeness (QED) is 0.715. The zero-order valence-corrected chi connectivity index (χ0v) is 10.7. The van der Waals surface area contributed by atoms with Crippen LogP contribution in [-0.4, -0.2) is 27.3 Å². The molecule has 94 valence electrons. The predicted molar refractivity (Wildman–Crippen MR) is 65.1 cm³/mol. The second-order valence-electron chi connectivity index (χ2n) is 3.11. The van der Waals surface area contributed by atoms with Crippen molar-refractivity contribution in [2.45, 2.75) is 13.5 Å². The molecule has 1 aromatic rings. The molecule has 0 aliphatic heterocycles. The van der Waals surface area contributed by atoms with Crippen LogP contribution in [0, 0.1) is 0 Å². The van der Waals surface area contributed by atoms with Crippen molar-refractivity contribution in [3.8, 4) is 0 Å². The normalized spacial score (nSPS) is 11.1. The third-order valence-electron chi connectivity index (χ3n) is 1.91. The highest BCUT2D eigenvalue weighted by molar-refractivity contribution is 7.89. The lowest BCUT2D eigenvalue weighted by Gasteiger charge is -2.04. The van der Waals surface area contributed by atoms with Crippen LogP contribution in [0.3, 0.4) is 0 Å². The van der Waals surface area contributed by atoms with Crippen molar-refractivity contribution in [3.63, 3.8) is 0 Å². The van der Waals surface area contributed by atoms with E-state index in [-0.39, 0.29) is 18.2 Å². The predicted octanol–water partition coefficient (Wildman–Crippen LogP) is 0.730. The molecule has 1 rings (SSSR count). The monoisotopic (exact) mass is 268 g/mol. The summed E-state index contributed by atoms with van der Waals surface area (Å²) in [6.07, 6.45) is 3.26. The Balaban J connectivity index is 0.00000225. The Kier molecular flexibility index (Phi) is 7.40. The van der Waals surface area contributed by atoms with Crippen LogP contribution in [0.5, 0.6) is 0 Å². The summed E-state index contributed by atoms with van der Waals surface area (Å²) in [6.45, 7) is 3.31. The molecule has 0 radical (unpaired) electrons. The summed E-state index contributed by atoms with van der Waals surface area (Å²) in [4.78, 5) is 0. The molecule has 0 unspecified atom stereocenters. The van der Waals surface area contributed by atoms with Gasteiger partial charge in [-0.3, -0.25) is 0 Å². The molecule has 0 aromatic carbocycles. The summed E-state index contributed by atoms with van der Waals surface area (Å²) in [7, 11) is -3.06. The van der Waals surface area contributed by atoms with Gasteiger partial charge in [-0.15, -0.1) is 12.4 Å². The number of nitrogens with one attached hydrogen (secondary N) is 2. The molecule has 0 aliphatic carbocycles. The molecule has 2 N–H and O–H groups in total. The maximum absolute atomic E-state index is 11.0. The Labute approximate surface area is 102 Å². The highest BCUT2D eigenvalue weighted by atomic mass is 35.5. The van der Waals surface area contributed by atoms with E-state index >= 15 is 0 Å². The summed E-state index contributed by atoms with van der Waals surface area (Å²) in [6, 6.07) is 1.86. The summed E-state index contributed by atoms with van der Waals surface area (Å²) >= 11 is 0. The van der Waals surface area contributed by atoms with Gasteiger partial charge >= 0.3 is 0 Å². The van der Waals surface area contributed by atoms with E-state index in [0.29, 0.717) is 19.6 Å². The Morgan fingerprint density at radius 1 is 1.38 bits per heavy atom. The van der Waals surface area contributed by atoms with Gasteiger partial charge in [0.25, 0.3) is 0 Å². The fraction of sp³-hybridized carbons (Fsp3) is 0.556. The third-order valence-corrected chi connectivity index (χ3v) is 3.32. The van der Waals surface area contributed by atoms with Gasteiger partial charge in [0.1, 0.15) is 0 Å². The maximum Gasteiger partial charge on any atom is 0.211 e. The topological polar surface area (TPSA) is 71.3 Å². The van der Waals surface area contributed by atoms with Crippen LogP contribution in [-0.2, 0) is 16.6 Å². The molecule has 1 heterocycles. The van der Waals surface area contributed by atoms with E-state index in [2.05, 4.69) is 10.0 Å². The van der Waals surface area contributed by atoms with Crippen molar-refractivity contribution in [3.05, 3.63) is 24.2 Å². The lowest BCUT2D eigenvalue weighted by Crippen LogP contribution is -2.32. The van der Waals surface area contributed by atoms with Crippen LogP contribution in [0.2, 0.25) is 0 Å². The van der Waals surface area contributed by atoms with Gasteiger partial charge in [0, 0.05) is 25.2 Å². The molecule has 1 aromatic heterocycles. The zero-order valence-electron chi connectivity index (χ0n) is 9.10. The van der Waals surface area contributed by atoms with E-state index in [9.17, 15) is 8.42 Å². The first-order valence-electron chi connectivity index (χ1n) is 4.83. The van der Waals surface area contributed by atoms with Crippen molar-refractivity contribution < 1.29 is 12.8 Å². The minimum absolute atomic E-state index is 0. The van der Waals surface area contributed by atoms with Gasteiger partial charge in [-0.2, -0.15) is 0 Å². The van der Waals surface area contributed by atoms with Gasteiger partial charge in [-0.25, -0.2) is 13.1 Å². The van der Waals surface area contributed by atoms with E-state index in [1.54, 1.807) is 19.5 Å². The minimum atomic E-state index is -3.06. The van der Waals surface area contributed by atoms with E-state index < -0.39 is 10.0 Å². The fourth-order valence-corrected chi connectivity index (χ4v) is 1.64. The van der Waals surface area contributed by atoms with E-state index in [1.165, 1.54) is 0 Å². The van der Waals surface area contributed by atoms with Gasteiger partial charge < -0.3 is 9.73 Å². The SMILES string of the molecule is CCS(=O)(=O)NCCNCc1ccoc1.Cl. The molecule has 0 fully saturated rings. The second-order valence-corrected chi connectivity index (χ2v) is 5.20. The molecule has 16 heavy (non-hydrogen) atoms. The second kappa shape index (κ2) is 7.67. The molecule has 0 amide bonds. The fourth-order valence-electron chi connectivity index (χ4n) is 1.02. The molecule has 0 atom stereocenters. The number of hydrogen-bond donors (Lipinski definition) is 2. The molecule has 5 nitrogen and oxygen atoms in total. The first-order valence-corrected chi connectivity index (χ1v) is 6.48. The number of halogens is 1. The van der Waals surface area contributed by atoms with Crippen LogP contribution in [0.1, 0.15) is 12.5 Å². The highest BCUT2D eigenvalue weighted by Crippen LogP contribution is 1.97. The number of furan rings is 1. The molecule has 7 heteroatoms. The molecular weight excluding hydrogens is 252 g/mol. The molecule has 0 spiro atoms. The van der Waals surface area contributed by atoms with Crippen molar-refractivity contribution in [2.75, 3.05) is 18.8 Å². The van der Waals surface area contributed by atoms with Gasteiger partial charge in [-0.05, 0) is 13.0 Å². The molecule has 0 aliphatic rings. The molecule has 0 bridgehead atoms. The van der Waals surface area contributed by atoms with Crippen molar-refractivity contribution in [2.24, 2.45) is 0 Å². The first kappa shape index (κ1) is 15.4. The highest BCUT2D eigenvalue weighted by Gasteiger charge is 2.03. The van der Waals surface area contributed by atoms with E-state index in [1.807, 2.05) is 6.07 Å². The summed E-state index contributed by atoms with van der Waals surface area (Å²) in [5, 5.41) is 3.10. The number of sulfonamides is 1. The zero-order chi connectivity index (χ0) is 11.1. The average molecular weight is 269 g/mol. The number of rotatable bonds is 7. The van der Waals surface area contributed by atoms with Crippen LogP contribution in [0.25, 0.3) is 0 Å². The standard InChI is InChI=1S/C9H16N2O3S.ClH/c1-2-15(12,13)11-5-4-10-7-9-3-6-14-8-9;/h3,6,8,10-11H,2,4-5,7H2,1H3;1H. The molecule has 0 saturated carbocycles. The van der Waals surface area contributed by atoms with Crippen molar-refractivity contribution in [1.29, 1.82) is 0 Å². The largest absolute Gasteiger partial charge is 0.472 e. The lowest BCUT2D eigenvalue weighted by atomic mass is 10.3. The minimum Gasteiger partial charge on any atom is -0.472 e. The third kappa shape index (κ3) is 6.12. The van der Waals surface area contributed by atoms with E-state index in [4.69, 9.17) is 4.42 Å². The summed E-state index contributed by atoms with van der Waals surface area (Å²) in [5.74, 6) is 0.120. The Hall–Kier alpha value is -0.560. The Morgan fingerprint density at radius 2 is 2.12 bits per heavy atom. The van der Waals surface area contributed by atoms with Gasteiger partial charge in [-0.1, -0.05) is 0 Å². The van der Waals surface area contributed by atoms with Crippen molar-refractivity contribution in [1.82, 2.24) is 10.0 Å². The van der Waals surface area contributed by atoms with Gasteiger partial charge in [0.2, 0.25) is 10.0 Å². The molecular formula is C9H17ClN2O3S. The van der Waals surface area contributed by atoms with Crippen LogP contribution in [0.15, 0.2) is 23.0 Å². The van der Waals surface area contributed by atoms with Crippen LogP contribution < -0.4 is 10.0 Å². The van der Waals surface area contributed by atoms with Gasteiger partial charge in [0.15, 0.2) is 0 Å². The van der Waals surface area contributed by atoms with Crippen LogP contribution >= 0.6 is 12.4 Å². The average Bonchev–Trinajstić information content (AvgIpc) is 2.70. The van der Waals surface area contributed by atoms with E-state index in [0.717, 1.165) is 5.56 Å². The lowest BCUT2D eigenvalue weighted by molar-refractivity contribution is 0.558. The Bertz CT molecular complexity index is 364. The smallest absolute Gasteiger partial charge is 0.211 e. The Morgan fingerprint density at radius 3 is 2.69 bits per heavy atom.